The maximum atomic E-state index is 5.63. The van der Waals surface area contributed by atoms with Gasteiger partial charge in [0.15, 0.2) is 0 Å². The van der Waals surface area contributed by atoms with E-state index in [2.05, 4.69) is 35.1 Å². The molecular formula is C22H29N5OS. The second kappa shape index (κ2) is 8.13. The highest BCUT2D eigenvalue weighted by molar-refractivity contribution is 7.78. The number of hydrogen-bond donors (Lipinski definition) is 1. The number of pyridine rings is 1. The second-order valence-electron chi connectivity index (χ2n) is 8.44. The first-order chi connectivity index (χ1) is 14.2. The van der Waals surface area contributed by atoms with E-state index in [0.717, 1.165) is 41.9 Å². The zero-order chi connectivity index (χ0) is 19.8. The van der Waals surface area contributed by atoms with Gasteiger partial charge in [0.05, 0.1) is 12.8 Å². The van der Waals surface area contributed by atoms with Gasteiger partial charge in [-0.1, -0.05) is 12.8 Å². The molecule has 2 fully saturated rings. The summed E-state index contributed by atoms with van der Waals surface area (Å²) in [6, 6.07) is 3.05. The molecule has 1 aliphatic carbocycles. The van der Waals surface area contributed by atoms with Crippen LogP contribution in [0.3, 0.4) is 0 Å². The Morgan fingerprint density at radius 2 is 1.93 bits per heavy atom. The molecule has 3 aromatic rings. The molecule has 4 heterocycles. The van der Waals surface area contributed by atoms with Crippen LogP contribution in [0.4, 0.5) is 0 Å². The van der Waals surface area contributed by atoms with Gasteiger partial charge in [-0.05, 0) is 49.7 Å². The van der Waals surface area contributed by atoms with Crippen LogP contribution in [0.1, 0.15) is 43.6 Å². The van der Waals surface area contributed by atoms with Gasteiger partial charge in [0, 0.05) is 67.9 Å². The Kier molecular flexibility index (Phi) is 5.37. The maximum Gasteiger partial charge on any atom is 0.150 e. The van der Waals surface area contributed by atoms with Crippen molar-refractivity contribution in [1.29, 1.82) is 0 Å². The first kappa shape index (κ1) is 19.2. The predicted molar refractivity (Wildman–Crippen MR) is 118 cm³/mol. The van der Waals surface area contributed by atoms with Crippen molar-refractivity contribution in [1.82, 2.24) is 23.6 Å². The number of thiol groups is 1. The van der Waals surface area contributed by atoms with Gasteiger partial charge in [-0.25, -0.2) is 4.98 Å². The summed E-state index contributed by atoms with van der Waals surface area (Å²) < 4.78 is 9.29. The summed E-state index contributed by atoms with van der Waals surface area (Å²) in [4.78, 5) is 7.42. The number of aromatic nitrogens is 4. The van der Waals surface area contributed by atoms with Crippen LogP contribution >= 0.6 is 12.8 Å². The molecule has 0 aromatic carbocycles. The molecule has 0 bridgehead atoms. The van der Waals surface area contributed by atoms with Crippen LogP contribution in [0.5, 0.6) is 0 Å². The topological polar surface area (TPSA) is 48.1 Å². The van der Waals surface area contributed by atoms with E-state index in [1.54, 1.807) is 0 Å². The zero-order valence-corrected chi connectivity index (χ0v) is 17.9. The van der Waals surface area contributed by atoms with Crippen LogP contribution in [-0.2, 0) is 11.8 Å². The molecule has 1 aliphatic heterocycles. The van der Waals surface area contributed by atoms with E-state index in [1.807, 2.05) is 34.3 Å². The average Bonchev–Trinajstić information content (AvgIpc) is 3.19. The van der Waals surface area contributed by atoms with E-state index < -0.39 is 0 Å². The van der Waals surface area contributed by atoms with Crippen molar-refractivity contribution in [3.8, 4) is 11.1 Å². The molecule has 154 valence electrons. The first-order valence-corrected chi connectivity index (χ1v) is 11.1. The lowest BCUT2D eigenvalue weighted by Gasteiger charge is -2.36. The van der Waals surface area contributed by atoms with Gasteiger partial charge in [-0.15, -0.1) is 0 Å². The van der Waals surface area contributed by atoms with Crippen LogP contribution in [0.2, 0.25) is 0 Å². The Bertz CT molecular complexity index is 980. The molecule has 0 unspecified atom stereocenters. The Labute approximate surface area is 177 Å². The van der Waals surface area contributed by atoms with Crippen molar-refractivity contribution in [2.75, 3.05) is 26.3 Å². The van der Waals surface area contributed by atoms with Gasteiger partial charge in [-0.2, -0.15) is 5.10 Å². The lowest BCUT2D eigenvalue weighted by molar-refractivity contribution is 0.118. The fraction of sp³-hybridized carbons (Fsp3) is 0.545. The Hall–Kier alpha value is -1.83. The summed E-state index contributed by atoms with van der Waals surface area (Å²) in [6.45, 7) is 4.08. The van der Waals surface area contributed by atoms with Crippen molar-refractivity contribution >= 4 is 23.8 Å². The molecule has 1 saturated heterocycles. The summed E-state index contributed by atoms with van der Waals surface area (Å²) in [5.74, 6) is 0.594. The monoisotopic (exact) mass is 411 g/mol. The van der Waals surface area contributed by atoms with Gasteiger partial charge >= 0.3 is 0 Å². The first-order valence-electron chi connectivity index (χ1n) is 10.7. The molecule has 7 heteroatoms. The minimum Gasteiger partial charge on any atom is -0.380 e. The average molecular weight is 412 g/mol. The molecular weight excluding hydrogens is 382 g/mol. The number of ether oxygens (including phenoxy) is 1. The van der Waals surface area contributed by atoms with Crippen LogP contribution in [0, 0.1) is 0 Å². The summed E-state index contributed by atoms with van der Waals surface area (Å²) in [6.07, 6.45) is 14.2. The van der Waals surface area contributed by atoms with Crippen molar-refractivity contribution in [2.45, 2.75) is 44.1 Å². The van der Waals surface area contributed by atoms with Crippen LogP contribution in [0.25, 0.3) is 22.2 Å². The Balaban J connectivity index is 1.36. The highest BCUT2D eigenvalue weighted by Gasteiger charge is 2.27. The van der Waals surface area contributed by atoms with Gasteiger partial charge in [0.2, 0.25) is 0 Å². The summed E-state index contributed by atoms with van der Waals surface area (Å²) in [5.41, 5.74) is 4.53. The molecule has 0 N–H and O–H groups in total. The SMILES string of the molecule is Cn1cc(-c2cn(S)c3ncc([C@H]4CC[C@@H](N5CCCOCC5)CC4)cc23)cn1. The third-order valence-corrected chi connectivity index (χ3v) is 6.91. The van der Waals surface area contributed by atoms with E-state index in [0.29, 0.717) is 12.0 Å². The highest BCUT2D eigenvalue weighted by Crippen LogP contribution is 2.38. The van der Waals surface area contributed by atoms with E-state index in [9.17, 15) is 0 Å². The van der Waals surface area contributed by atoms with Crippen molar-refractivity contribution < 1.29 is 4.74 Å². The minimum atomic E-state index is 0.594. The number of fused-ring (bicyclic) bond motifs is 1. The predicted octanol–water partition coefficient (Wildman–Crippen LogP) is 3.88. The molecule has 0 atom stereocenters. The Morgan fingerprint density at radius 1 is 1.07 bits per heavy atom. The van der Waals surface area contributed by atoms with Crippen molar-refractivity contribution in [3.63, 3.8) is 0 Å². The third kappa shape index (κ3) is 3.83. The van der Waals surface area contributed by atoms with Gasteiger partial charge in [0.1, 0.15) is 5.65 Å². The van der Waals surface area contributed by atoms with Gasteiger partial charge in [0.25, 0.3) is 0 Å². The molecule has 2 aliphatic rings. The second-order valence-corrected chi connectivity index (χ2v) is 8.87. The van der Waals surface area contributed by atoms with Crippen LogP contribution in [0.15, 0.2) is 30.9 Å². The normalized spacial score (nSPS) is 24.1. The van der Waals surface area contributed by atoms with E-state index in [-0.39, 0.29) is 0 Å². The van der Waals surface area contributed by atoms with E-state index >= 15 is 0 Å². The van der Waals surface area contributed by atoms with Gasteiger partial charge < -0.3 is 4.74 Å². The smallest absolute Gasteiger partial charge is 0.150 e. The standard InChI is InChI=1S/C22H29N5OS/c1-25-14-18(13-24-25)21-15-27(29)22-20(21)11-17(12-23-22)16-3-5-19(6-4-16)26-7-2-9-28-10-8-26/h11-16,19,29H,2-10H2,1H3/t16-,19+. The van der Waals surface area contributed by atoms with Crippen molar-refractivity contribution in [2.24, 2.45) is 7.05 Å². The largest absolute Gasteiger partial charge is 0.380 e. The quantitative estimate of drug-likeness (QED) is 0.665. The minimum absolute atomic E-state index is 0.594. The van der Waals surface area contributed by atoms with Gasteiger partial charge in [-0.3, -0.25) is 13.6 Å². The number of aryl methyl sites for hydroxylation is 1. The fourth-order valence-electron chi connectivity index (χ4n) is 5.03. The summed E-state index contributed by atoms with van der Waals surface area (Å²) >= 11 is 4.58. The number of nitrogens with zero attached hydrogens (tertiary/aromatic N) is 5. The maximum absolute atomic E-state index is 5.63. The zero-order valence-electron chi connectivity index (χ0n) is 17.0. The molecule has 0 amide bonds. The molecule has 29 heavy (non-hydrogen) atoms. The fourth-order valence-corrected chi connectivity index (χ4v) is 5.30. The summed E-state index contributed by atoms with van der Waals surface area (Å²) in [7, 11) is 1.95. The molecule has 0 radical (unpaired) electrons. The molecule has 1 saturated carbocycles. The Morgan fingerprint density at radius 3 is 2.72 bits per heavy atom. The summed E-state index contributed by atoms with van der Waals surface area (Å²) in [5, 5.41) is 5.49. The van der Waals surface area contributed by atoms with E-state index in [1.165, 1.54) is 44.2 Å². The van der Waals surface area contributed by atoms with Crippen molar-refractivity contribution in [3.05, 3.63) is 36.4 Å². The van der Waals surface area contributed by atoms with Crippen LogP contribution in [-0.4, -0.2) is 56.0 Å². The molecule has 6 nitrogen and oxygen atoms in total. The molecule has 3 aromatic heterocycles. The van der Waals surface area contributed by atoms with Crippen LogP contribution < -0.4 is 0 Å². The highest BCUT2D eigenvalue weighted by atomic mass is 32.1. The number of rotatable bonds is 3. The third-order valence-electron chi connectivity index (χ3n) is 6.60. The lowest BCUT2D eigenvalue weighted by atomic mass is 9.81. The lowest BCUT2D eigenvalue weighted by Crippen LogP contribution is -2.39. The number of hydrogen-bond acceptors (Lipinski definition) is 5. The molecule has 0 spiro atoms. The van der Waals surface area contributed by atoms with E-state index in [4.69, 9.17) is 9.72 Å². The molecule has 5 rings (SSSR count).